The topological polar surface area (TPSA) is 85.8 Å². The Bertz CT molecular complexity index is 1000. The Labute approximate surface area is 195 Å². The van der Waals surface area contributed by atoms with Crippen LogP contribution in [0.1, 0.15) is 65.9 Å². The SMILES string of the molecule is CC(C)(C)OC(=O)[C@H]1C[C@@H](c2ccc(-c3cccnc3)cc2)CC(=O)N1C(=O)OC(C)(C)C. The van der Waals surface area contributed by atoms with E-state index in [-0.39, 0.29) is 18.8 Å². The molecule has 1 aliphatic heterocycles. The fraction of sp³-hybridized carbons (Fsp3) is 0.462. The summed E-state index contributed by atoms with van der Waals surface area (Å²) in [5.74, 6) is -1.29. The molecule has 0 bridgehead atoms. The number of nitrogens with zero attached hydrogens (tertiary/aromatic N) is 2. The number of amides is 2. The van der Waals surface area contributed by atoms with Crippen LogP contribution in [0.4, 0.5) is 4.79 Å². The van der Waals surface area contributed by atoms with E-state index in [1.165, 1.54) is 0 Å². The number of pyridine rings is 1. The minimum atomic E-state index is -1.05. The van der Waals surface area contributed by atoms with Crippen molar-refractivity contribution in [1.82, 2.24) is 9.88 Å². The van der Waals surface area contributed by atoms with Crippen LogP contribution >= 0.6 is 0 Å². The van der Waals surface area contributed by atoms with Gasteiger partial charge in [0.25, 0.3) is 0 Å². The molecule has 1 fully saturated rings. The summed E-state index contributed by atoms with van der Waals surface area (Å²) < 4.78 is 11.0. The first kappa shape index (κ1) is 24.4. The van der Waals surface area contributed by atoms with Crippen LogP contribution in [0.15, 0.2) is 48.8 Å². The summed E-state index contributed by atoms with van der Waals surface area (Å²) in [5, 5.41) is 0. The molecular weight excluding hydrogens is 420 g/mol. The van der Waals surface area contributed by atoms with Crippen LogP contribution < -0.4 is 0 Å². The molecule has 1 saturated heterocycles. The minimum absolute atomic E-state index is 0.102. The zero-order chi connectivity index (χ0) is 24.4. The molecule has 0 aliphatic carbocycles. The molecule has 2 atom stereocenters. The average Bonchev–Trinajstić information content (AvgIpc) is 2.71. The lowest BCUT2D eigenvalue weighted by atomic mass is 9.84. The van der Waals surface area contributed by atoms with E-state index in [0.717, 1.165) is 21.6 Å². The van der Waals surface area contributed by atoms with Crippen LogP contribution in [-0.2, 0) is 19.1 Å². The Morgan fingerprint density at radius 2 is 1.58 bits per heavy atom. The van der Waals surface area contributed by atoms with Crippen molar-refractivity contribution in [3.05, 3.63) is 54.4 Å². The van der Waals surface area contributed by atoms with E-state index >= 15 is 0 Å². The number of benzene rings is 1. The molecule has 2 aromatic rings. The van der Waals surface area contributed by atoms with Crippen LogP contribution in [0.5, 0.6) is 0 Å². The monoisotopic (exact) mass is 452 g/mol. The molecule has 2 heterocycles. The predicted molar refractivity (Wildman–Crippen MR) is 124 cm³/mol. The van der Waals surface area contributed by atoms with Crippen LogP contribution in [-0.4, -0.2) is 45.1 Å². The molecule has 1 aliphatic rings. The highest BCUT2D eigenvalue weighted by Crippen LogP contribution is 2.35. The van der Waals surface area contributed by atoms with Gasteiger partial charge in [-0.15, -0.1) is 0 Å². The number of esters is 1. The molecule has 1 aromatic carbocycles. The van der Waals surface area contributed by atoms with Crippen molar-refractivity contribution in [2.24, 2.45) is 0 Å². The first-order valence-corrected chi connectivity index (χ1v) is 11.1. The number of piperidine rings is 1. The number of hydrogen-bond acceptors (Lipinski definition) is 6. The van der Waals surface area contributed by atoms with Crippen molar-refractivity contribution in [2.75, 3.05) is 0 Å². The molecule has 176 valence electrons. The molecule has 7 nitrogen and oxygen atoms in total. The Balaban J connectivity index is 1.87. The largest absolute Gasteiger partial charge is 0.458 e. The number of carbonyl (C=O) groups is 3. The predicted octanol–water partition coefficient (Wildman–Crippen LogP) is 5.10. The van der Waals surface area contributed by atoms with E-state index < -0.39 is 35.2 Å². The van der Waals surface area contributed by atoms with Gasteiger partial charge in [0.15, 0.2) is 0 Å². The summed E-state index contributed by atoms with van der Waals surface area (Å²) >= 11 is 0. The molecule has 3 rings (SSSR count). The fourth-order valence-electron chi connectivity index (χ4n) is 3.79. The van der Waals surface area contributed by atoms with Gasteiger partial charge in [-0.3, -0.25) is 9.78 Å². The molecule has 0 saturated carbocycles. The van der Waals surface area contributed by atoms with Crippen LogP contribution in [0.2, 0.25) is 0 Å². The van der Waals surface area contributed by atoms with Crippen molar-refractivity contribution in [1.29, 1.82) is 0 Å². The Kier molecular flexibility index (Phi) is 6.91. The van der Waals surface area contributed by atoms with E-state index in [9.17, 15) is 14.4 Å². The number of ether oxygens (including phenoxy) is 2. The van der Waals surface area contributed by atoms with Gasteiger partial charge in [0.2, 0.25) is 5.91 Å². The standard InChI is InChI=1S/C26H32N2O5/c1-25(2,3)32-23(30)21-14-20(15-22(29)28(21)24(31)33-26(4,5)6)18-11-9-17(10-12-18)19-8-7-13-27-16-19/h7-13,16,20-21H,14-15H2,1-6H3/t20-,21-/m1/s1. The van der Waals surface area contributed by atoms with E-state index in [4.69, 9.17) is 9.47 Å². The molecule has 2 amide bonds. The van der Waals surface area contributed by atoms with Gasteiger partial charge in [-0.2, -0.15) is 0 Å². The Hall–Kier alpha value is -3.22. The van der Waals surface area contributed by atoms with Gasteiger partial charge in [0, 0.05) is 18.8 Å². The third-order valence-corrected chi connectivity index (χ3v) is 5.16. The lowest BCUT2D eigenvalue weighted by molar-refractivity contribution is -0.166. The molecule has 0 N–H and O–H groups in total. The molecule has 0 unspecified atom stereocenters. The molecular formula is C26H32N2O5. The maximum atomic E-state index is 13.1. The van der Waals surface area contributed by atoms with Crippen LogP contribution in [0.25, 0.3) is 11.1 Å². The second-order valence-electron chi connectivity index (χ2n) is 10.3. The normalized spacial score (nSPS) is 19.2. The van der Waals surface area contributed by atoms with Gasteiger partial charge in [0.05, 0.1) is 0 Å². The third-order valence-electron chi connectivity index (χ3n) is 5.16. The summed E-state index contributed by atoms with van der Waals surface area (Å²) in [4.78, 5) is 44.0. The lowest BCUT2D eigenvalue weighted by Crippen LogP contribution is -2.55. The summed E-state index contributed by atoms with van der Waals surface area (Å²) in [7, 11) is 0. The first-order chi connectivity index (χ1) is 15.3. The maximum absolute atomic E-state index is 13.1. The van der Waals surface area contributed by atoms with Gasteiger partial charge in [0.1, 0.15) is 17.2 Å². The summed E-state index contributed by atoms with van der Waals surface area (Å²) in [6, 6.07) is 10.6. The van der Waals surface area contributed by atoms with Gasteiger partial charge in [-0.25, -0.2) is 14.5 Å². The molecule has 1 aromatic heterocycles. The highest BCUT2D eigenvalue weighted by Gasteiger charge is 2.45. The van der Waals surface area contributed by atoms with Crippen molar-refractivity contribution in [2.45, 2.75) is 77.5 Å². The van der Waals surface area contributed by atoms with E-state index in [2.05, 4.69) is 4.98 Å². The number of imide groups is 1. The van der Waals surface area contributed by atoms with Crippen molar-refractivity contribution < 1.29 is 23.9 Å². The maximum Gasteiger partial charge on any atom is 0.417 e. The highest BCUT2D eigenvalue weighted by atomic mass is 16.6. The van der Waals surface area contributed by atoms with Gasteiger partial charge >= 0.3 is 12.1 Å². The summed E-state index contributed by atoms with van der Waals surface area (Å²) in [6.45, 7) is 10.4. The van der Waals surface area contributed by atoms with Crippen LogP contribution in [0, 0.1) is 0 Å². The molecule has 0 radical (unpaired) electrons. The zero-order valence-corrected chi connectivity index (χ0v) is 20.1. The third kappa shape index (κ3) is 6.40. The van der Waals surface area contributed by atoms with Crippen LogP contribution in [0.3, 0.4) is 0 Å². The highest BCUT2D eigenvalue weighted by molar-refractivity contribution is 5.98. The summed E-state index contributed by atoms with van der Waals surface area (Å²) in [5.41, 5.74) is 1.38. The average molecular weight is 453 g/mol. The zero-order valence-electron chi connectivity index (χ0n) is 20.1. The van der Waals surface area contributed by atoms with E-state index in [1.54, 1.807) is 53.9 Å². The molecule has 33 heavy (non-hydrogen) atoms. The van der Waals surface area contributed by atoms with Crippen molar-refractivity contribution in [3.63, 3.8) is 0 Å². The number of likely N-dealkylation sites (tertiary alicyclic amines) is 1. The Morgan fingerprint density at radius 3 is 2.12 bits per heavy atom. The van der Waals surface area contributed by atoms with Crippen molar-refractivity contribution in [3.8, 4) is 11.1 Å². The number of carbonyl (C=O) groups excluding carboxylic acids is 3. The molecule has 7 heteroatoms. The number of aromatic nitrogens is 1. The lowest BCUT2D eigenvalue weighted by Gasteiger charge is -2.38. The Morgan fingerprint density at radius 1 is 0.939 bits per heavy atom. The van der Waals surface area contributed by atoms with Crippen molar-refractivity contribution >= 4 is 18.0 Å². The first-order valence-electron chi connectivity index (χ1n) is 11.1. The minimum Gasteiger partial charge on any atom is -0.458 e. The second-order valence-corrected chi connectivity index (χ2v) is 10.3. The van der Waals surface area contributed by atoms with Gasteiger partial charge in [-0.05, 0) is 76.6 Å². The number of rotatable bonds is 3. The summed E-state index contributed by atoms with van der Waals surface area (Å²) in [6.07, 6.45) is 3.06. The number of hydrogen-bond donors (Lipinski definition) is 0. The van der Waals surface area contributed by atoms with Gasteiger partial charge < -0.3 is 9.47 Å². The fourth-order valence-corrected chi connectivity index (χ4v) is 3.79. The molecule has 0 spiro atoms. The second kappa shape index (κ2) is 9.33. The van der Waals surface area contributed by atoms with Gasteiger partial charge in [-0.1, -0.05) is 30.3 Å². The van der Waals surface area contributed by atoms with E-state index in [1.807, 2.05) is 36.4 Å². The smallest absolute Gasteiger partial charge is 0.417 e. The quantitative estimate of drug-likeness (QED) is 0.602. The van der Waals surface area contributed by atoms with E-state index in [0.29, 0.717) is 0 Å².